The lowest BCUT2D eigenvalue weighted by Crippen LogP contribution is -2.37. The Balaban J connectivity index is 1.93. The second kappa shape index (κ2) is 10.1. The highest BCUT2D eigenvalue weighted by atomic mass is 32.2. The molecule has 0 bridgehead atoms. The number of carbonyl (C=O) groups is 1. The third kappa shape index (κ3) is 5.92. The smallest absolute Gasteiger partial charge is 0.258 e. The number of rotatable bonds is 8. The maximum absolute atomic E-state index is 13.4. The van der Waals surface area contributed by atoms with Crippen LogP contribution in [-0.4, -0.2) is 28.0 Å². The molecule has 0 atom stereocenters. The number of ether oxygens (including phenoxy) is 1. The van der Waals surface area contributed by atoms with Gasteiger partial charge in [0, 0.05) is 11.8 Å². The minimum atomic E-state index is -4.15. The number of anilines is 2. The molecule has 1 N–H and O–H groups in total. The summed E-state index contributed by atoms with van der Waals surface area (Å²) >= 11 is 0. The van der Waals surface area contributed by atoms with Crippen LogP contribution in [0.1, 0.15) is 5.56 Å². The monoisotopic (exact) mass is 458 g/mol. The molecule has 9 heteroatoms. The quantitative estimate of drug-likeness (QED) is 0.542. The van der Waals surface area contributed by atoms with Crippen LogP contribution < -0.4 is 14.4 Å². The number of nitrogens with zero attached hydrogens (tertiary/aromatic N) is 1. The summed E-state index contributed by atoms with van der Waals surface area (Å²) in [6, 6.07) is 17.6. The normalized spacial score (nSPS) is 11.3. The summed E-state index contributed by atoms with van der Waals surface area (Å²) in [5.74, 6) is -2.31. The van der Waals surface area contributed by atoms with Crippen LogP contribution in [0.15, 0.2) is 78.2 Å². The van der Waals surface area contributed by atoms with Gasteiger partial charge in [0.1, 0.15) is 23.9 Å². The Hall–Kier alpha value is -3.72. The Kier molecular flexibility index (Phi) is 7.21. The molecule has 0 heterocycles. The standard InChI is InChI=1S/C23H20F2N2O4S/c1-31-22-10-6-5-9-21(22)27(32(29,30)12-11-17-7-3-2-4-8-17)16-23(28)26-20-14-18(24)13-19(25)15-20/h2-15H,16H2,1H3,(H,26,28)/b12-11+. The highest BCUT2D eigenvalue weighted by Gasteiger charge is 2.26. The lowest BCUT2D eigenvalue weighted by atomic mass is 10.2. The molecular formula is C23H20F2N2O4S. The molecule has 0 radical (unpaired) electrons. The van der Waals surface area contributed by atoms with Gasteiger partial charge in [0.05, 0.1) is 18.2 Å². The largest absolute Gasteiger partial charge is 0.495 e. The number of halogens is 2. The van der Waals surface area contributed by atoms with Gasteiger partial charge < -0.3 is 10.1 Å². The van der Waals surface area contributed by atoms with Crippen molar-refractivity contribution < 1.29 is 26.7 Å². The van der Waals surface area contributed by atoms with Crippen molar-refractivity contribution >= 4 is 33.4 Å². The fourth-order valence-electron chi connectivity index (χ4n) is 2.91. The molecular weight excluding hydrogens is 438 g/mol. The van der Waals surface area contributed by atoms with E-state index in [2.05, 4.69) is 5.32 Å². The second-order valence-electron chi connectivity index (χ2n) is 6.64. The minimum absolute atomic E-state index is 0.133. The molecule has 0 unspecified atom stereocenters. The summed E-state index contributed by atoms with van der Waals surface area (Å²) in [4.78, 5) is 12.6. The van der Waals surface area contributed by atoms with Gasteiger partial charge >= 0.3 is 0 Å². The first kappa shape index (κ1) is 23.0. The highest BCUT2D eigenvalue weighted by Crippen LogP contribution is 2.30. The van der Waals surface area contributed by atoms with E-state index >= 15 is 0 Å². The van der Waals surface area contributed by atoms with E-state index in [1.165, 1.54) is 19.3 Å². The second-order valence-corrected chi connectivity index (χ2v) is 8.39. The molecule has 166 valence electrons. The summed E-state index contributed by atoms with van der Waals surface area (Å²) in [5, 5.41) is 3.29. The van der Waals surface area contributed by atoms with Gasteiger partial charge in [-0.3, -0.25) is 9.10 Å². The maximum atomic E-state index is 13.4. The zero-order valence-electron chi connectivity index (χ0n) is 17.0. The highest BCUT2D eigenvalue weighted by molar-refractivity contribution is 7.95. The number of benzene rings is 3. The first-order valence-corrected chi connectivity index (χ1v) is 10.9. The number of nitrogens with one attached hydrogen (secondary N) is 1. The number of sulfonamides is 1. The predicted molar refractivity (Wildman–Crippen MR) is 120 cm³/mol. The molecule has 3 rings (SSSR count). The van der Waals surface area contributed by atoms with Gasteiger partial charge in [0.2, 0.25) is 5.91 Å². The predicted octanol–water partition coefficient (Wildman–Crippen LogP) is 4.42. The summed E-state index contributed by atoms with van der Waals surface area (Å²) in [6.07, 6.45) is 1.40. The van der Waals surface area contributed by atoms with Crippen molar-refractivity contribution in [2.45, 2.75) is 0 Å². The molecule has 3 aromatic carbocycles. The van der Waals surface area contributed by atoms with Crippen LogP contribution in [0, 0.1) is 11.6 Å². The Morgan fingerprint density at radius 1 is 1.00 bits per heavy atom. The zero-order chi connectivity index (χ0) is 23.1. The first-order valence-electron chi connectivity index (χ1n) is 9.43. The Morgan fingerprint density at radius 3 is 2.28 bits per heavy atom. The average molecular weight is 458 g/mol. The summed E-state index contributed by atoms with van der Waals surface area (Å²) in [7, 11) is -2.77. The number of para-hydroxylation sites is 2. The lowest BCUT2D eigenvalue weighted by Gasteiger charge is -2.24. The Morgan fingerprint density at radius 2 is 1.62 bits per heavy atom. The molecule has 0 fully saturated rings. The van der Waals surface area contributed by atoms with Crippen LogP contribution in [0.4, 0.5) is 20.2 Å². The molecule has 0 aliphatic carbocycles. The number of carbonyl (C=O) groups excluding carboxylic acids is 1. The molecule has 0 aliphatic rings. The van der Waals surface area contributed by atoms with Crippen molar-refractivity contribution in [3.63, 3.8) is 0 Å². The maximum Gasteiger partial charge on any atom is 0.258 e. The van der Waals surface area contributed by atoms with E-state index in [-0.39, 0.29) is 17.1 Å². The Bertz CT molecular complexity index is 1210. The van der Waals surface area contributed by atoms with Gasteiger partial charge in [-0.1, -0.05) is 42.5 Å². The van der Waals surface area contributed by atoms with E-state index in [9.17, 15) is 22.0 Å². The van der Waals surface area contributed by atoms with Crippen LogP contribution in [0.25, 0.3) is 6.08 Å². The van der Waals surface area contributed by atoms with E-state index in [1.807, 2.05) is 0 Å². The zero-order valence-corrected chi connectivity index (χ0v) is 17.9. The molecule has 3 aromatic rings. The van der Waals surface area contributed by atoms with Crippen LogP contribution >= 0.6 is 0 Å². The number of amides is 1. The molecule has 0 spiro atoms. The average Bonchev–Trinajstić information content (AvgIpc) is 2.76. The van der Waals surface area contributed by atoms with Crippen molar-refractivity contribution in [1.82, 2.24) is 0 Å². The van der Waals surface area contributed by atoms with Crippen molar-refractivity contribution in [3.8, 4) is 5.75 Å². The van der Waals surface area contributed by atoms with E-state index in [0.29, 0.717) is 11.6 Å². The summed E-state index contributed by atoms with van der Waals surface area (Å²) in [6.45, 7) is -0.653. The van der Waals surface area contributed by atoms with Gasteiger partial charge in [-0.05, 0) is 35.9 Å². The van der Waals surface area contributed by atoms with Crippen LogP contribution in [-0.2, 0) is 14.8 Å². The lowest BCUT2D eigenvalue weighted by molar-refractivity contribution is -0.114. The van der Waals surface area contributed by atoms with E-state index in [4.69, 9.17) is 4.74 Å². The minimum Gasteiger partial charge on any atom is -0.495 e. The molecule has 32 heavy (non-hydrogen) atoms. The number of hydrogen-bond donors (Lipinski definition) is 1. The third-order valence-corrected chi connectivity index (χ3v) is 5.75. The number of methoxy groups -OCH3 is 1. The van der Waals surface area contributed by atoms with Gasteiger partial charge in [-0.2, -0.15) is 0 Å². The van der Waals surface area contributed by atoms with Crippen molar-refractivity contribution in [2.75, 3.05) is 23.3 Å². The fraction of sp³-hybridized carbons (Fsp3) is 0.0870. The van der Waals surface area contributed by atoms with Gasteiger partial charge in [-0.25, -0.2) is 17.2 Å². The van der Waals surface area contributed by atoms with Gasteiger partial charge in [0.25, 0.3) is 10.0 Å². The summed E-state index contributed by atoms with van der Waals surface area (Å²) < 4.78 is 59.3. The van der Waals surface area contributed by atoms with Crippen molar-refractivity contribution in [1.29, 1.82) is 0 Å². The topological polar surface area (TPSA) is 75.7 Å². The van der Waals surface area contributed by atoms with E-state index < -0.39 is 34.1 Å². The SMILES string of the molecule is COc1ccccc1N(CC(=O)Nc1cc(F)cc(F)c1)S(=O)(=O)/C=C/c1ccccc1. The van der Waals surface area contributed by atoms with Gasteiger partial charge in [0.15, 0.2) is 0 Å². The first-order chi connectivity index (χ1) is 15.3. The van der Waals surface area contributed by atoms with Crippen molar-refractivity contribution in [3.05, 3.63) is 95.4 Å². The van der Waals surface area contributed by atoms with Crippen LogP contribution in [0.3, 0.4) is 0 Å². The fourth-order valence-corrected chi connectivity index (χ4v) is 4.11. The molecule has 0 aromatic heterocycles. The van der Waals surface area contributed by atoms with E-state index in [0.717, 1.165) is 21.8 Å². The van der Waals surface area contributed by atoms with Gasteiger partial charge in [-0.15, -0.1) is 0 Å². The van der Waals surface area contributed by atoms with Crippen LogP contribution in [0.5, 0.6) is 5.75 Å². The molecule has 0 saturated carbocycles. The number of hydrogen-bond acceptors (Lipinski definition) is 4. The third-order valence-electron chi connectivity index (χ3n) is 4.33. The van der Waals surface area contributed by atoms with Crippen LogP contribution in [0.2, 0.25) is 0 Å². The molecule has 0 saturated heterocycles. The van der Waals surface area contributed by atoms with Crippen molar-refractivity contribution in [2.24, 2.45) is 0 Å². The molecule has 6 nitrogen and oxygen atoms in total. The molecule has 0 aliphatic heterocycles. The van der Waals surface area contributed by atoms with E-state index in [1.54, 1.807) is 48.5 Å². The Labute approximate surface area is 184 Å². The molecule has 1 amide bonds. The summed E-state index contributed by atoms with van der Waals surface area (Å²) in [5.41, 5.74) is 0.647.